The van der Waals surface area contributed by atoms with E-state index in [0.717, 1.165) is 16.7 Å². The Labute approximate surface area is 202 Å². The van der Waals surface area contributed by atoms with Crippen LogP contribution in [0.25, 0.3) is 22.5 Å². The molecule has 1 fully saturated rings. The molecular formula is C27H24N4O4. The van der Waals surface area contributed by atoms with Gasteiger partial charge in [0.05, 0.1) is 13.1 Å². The third kappa shape index (κ3) is 4.77. The molecule has 3 aromatic carbocycles. The third-order valence-electron chi connectivity index (χ3n) is 5.90. The number of cyclic esters (lactones) is 1. The number of hydrogen-bond donors (Lipinski definition) is 0. The Balaban J connectivity index is 1.21. The monoisotopic (exact) mass is 468 g/mol. The van der Waals surface area contributed by atoms with E-state index in [1.165, 1.54) is 0 Å². The fourth-order valence-corrected chi connectivity index (χ4v) is 4.08. The maximum atomic E-state index is 12.9. The Bertz CT molecular complexity index is 1330. The number of aromatic nitrogens is 2. The summed E-state index contributed by atoms with van der Waals surface area (Å²) in [5.41, 5.74) is 4.22. The molecule has 4 aromatic rings. The summed E-state index contributed by atoms with van der Waals surface area (Å²) in [4.78, 5) is 32.8. The molecule has 0 saturated carbocycles. The van der Waals surface area contributed by atoms with Crippen molar-refractivity contribution in [3.05, 3.63) is 90.3 Å². The molecule has 1 aliphatic heterocycles. The molecule has 176 valence electrons. The fraction of sp³-hybridized carbons (Fsp3) is 0.185. The molecule has 1 unspecified atom stereocenters. The van der Waals surface area contributed by atoms with Gasteiger partial charge < -0.3 is 14.2 Å². The second-order valence-electron chi connectivity index (χ2n) is 8.43. The predicted molar refractivity (Wildman–Crippen MR) is 131 cm³/mol. The van der Waals surface area contributed by atoms with Crippen molar-refractivity contribution in [3.63, 3.8) is 0 Å². The smallest absolute Gasteiger partial charge is 0.414 e. The van der Waals surface area contributed by atoms with Crippen molar-refractivity contribution in [3.8, 4) is 22.5 Å². The predicted octanol–water partition coefficient (Wildman–Crippen LogP) is 4.81. The number of carbonyl (C=O) groups is 2. The average molecular weight is 469 g/mol. The average Bonchev–Trinajstić information content (AvgIpc) is 3.49. The van der Waals surface area contributed by atoms with Gasteiger partial charge in [-0.05, 0) is 47.5 Å². The zero-order valence-electron chi connectivity index (χ0n) is 19.4. The minimum Gasteiger partial charge on any atom is -0.442 e. The van der Waals surface area contributed by atoms with E-state index in [9.17, 15) is 9.59 Å². The van der Waals surface area contributed by atoms with Crippen molar-refractivity contribution in [2.24, 2.45) is 0 Å². The first kappa shape index (κ1) is 22.3. The largest absolute Gasteiger partial charge is 0.442 e. The van der Waals surface area contributed by atoms with E-state index >= 15 is 0 Å². The second-order valence-corrected chi connectivity index (χ2v) is 8.43. The molecule has 1 aromatic heterocycles. The highest BCUT2D eigenvalue weighted by Gasteiger charge is 2.34. The Kier molecular flexibility index (Phi) is 6.01. The minimum atomic E-state index is -0.439. The first-order chi connectivity index (χ1) is 17.0. The normalized spacial score (nSPS) is 15.2. The summed E-state index contributed by atoms with van der Waals surface area (Å²) in [6.45, 7) is 2.37. The summed E-state index contributed by atoms with van der Waals surface area (Å²) >= 11 is 0. The van der Waals surface area contributed by atoms with Gasteiger partial charge in [-0.25, -0.2) is 4.79 Å². The molecule has 35 heavy (non-hydrogen) atoms. The van der Waals surface area contributed by atoms with E-state index in [-0.39, 0.29) is 5.91 Å². The van der Waals surface area contributed by atoms with Gasteiger partial charge in [0.1, 0.15) is 6.10 Å². The summed E-state index contributed by atoms with van der Waals surface area (Å²) in [6, 6.07) is 24.8. The van der Waals surface area contributed by atoms with E-state index in [1.54, 1.807) is 23.8 Å². The van der Waals surface area contributed by atoms with Crippen LogP contribution < -0.4 is 4.90 Å². The fourth-order valence-electron chi connectivity index (χ4n) is 4.08. The molecule has 2 heterocycles. The third-order valence-corrected chi connectivity index (χ3v) is 5.90. The van der Waals surface area contributed by atoms with E-state index in [2.05, 4.69) is 10.1 Å². The highest BCUT2D eigenvalue weighted by molar-refractivity contribution is 5.95. The van der Waals surface area contributed by atoms with Crippen LogP contribution in [-0.2, 0) is 4.74 Å². The Morgan fingerprint density at radius 3 is 2.29 bits per heavy atom. The standard InChI is InChI=1S/C27H24N4O4/c1-18-28-25(29-35-18)21-12-14-23(15-13-21)31-17-24(34-27(31)33)16-30(2)26(32)22-10-8-20(9-11-22)19-6-4-3-5-7-19/h3-15,24H,16-17H2,1-2H3. The van der Waals surface area contributed by atoms with Crippen LogP contribution >= 0.6 is 0 Å². The lowest BCUT2D eigenvalue weighted by Gasteiger charge is -2.20. The number of benzene rings is 3. The molecule has 5 rings (SSSR count). The number of hydrogen-bond acceptors (Lipinski definition) is 6. The number of aryl methyl sites for hydroxylation is 1. The zero-order valence-corrected chi connectivity index (χ0v) is 19.4. The van der Waals surface area contributed by atoms with Gasteiger partial charge in [-0.2, -0.15) is 4.98 Å². The Morgan fingerprint density at radius 2 is 1.63 bits per heavy atom. The number of ether oxygens (including phenoxy) is 1. The lowest BCUT2D eigenvalue weighted by atomic mass is 10.0. The van der Waals surface area contributed by atoms with Crippen LogP contribution in [0.3, 0.4) is 0 Å². The highest BCUT2D eigenvalue weighted by atomic mass is 16.6. The van der Waals surface area contributed by atoms with Gasteiger partial charge in [-0.15, -0.1) is 0 Å². The van der Waals surface area contributed by atoms with Crippen molar-refractivity contribution in [2.45, 2.75) is 13.0 Å². The summed E-state index contributed by atoms with van der Waals surface area (Å²) in [7, 11) is 1.71. The number of rotatable bonds is 6. The van der Waals surface area contributed by atoms with Crippen LogP contribution in [0.2, 0.25) is 0 Å². The molecular weight excluding hydrogens is 444 g/mol. The minimum absolute atomic E-state index is 0.126. The molecule has 1 aliphatic rings. The summed E-state index contributed by atoms with van der Waals surface area (Å²) in [5, 5.41) is 3.91. The van der Waals surface area contributed by atoms with Crippen molar-refractivity contribution >= 4 is 17.7 Å². The van der Waals surface area contributed by atoms with Gasteiger partial charge in [0.15, 0.2) is 0 Å². The second kappa shape index (κ2) is 9.42. The van der Waals surface area contributed by atoms with Crippen LogP contribution in [0.1, 0.15) is 16.2 Å². The van der Waals surface area contributed by atoms with E-state index in [0.29, 0.717) is 36.1 Å². The molecule has 0 N–H and O–H groups in total. The first-order valence-corrected chi connectivity index (χ1v) is 11.3. The quantitative estimate of drug-likeness (QED) is 0.404. The van der Waals surface area contributed by atoms with Crippen LogP contribution in [0.15, 0.2) is 83.4 Å². The summed E-state index contributed by atoms with van der Waals surface area (Å²) in [6.07, 6.45) is -0.870. The Hall–Kier alpha value is -4.46. The maximum absolute atomic E-state index is 12.9. The topological polar surface area (TPSA) is 88.8 Å². The Morgan fingerprint density at radius 1 is 0.971 bits per heavy atom. The number of likely N-dealkylation sites (N-methyl/N-ethyl adjacent to an activating group) is 1. The van der Waals surface area contributed by atoms with Gasteiger partial charge in [-0.3, -0.25) is 9.69 Å². The highest BCUT2D eigenvalue weighted by Crippen LogP contribution is 2.26. The molecule has 8 nitrogen and oxygen atoms in total. The van der Waals surface area contributed by atoms with Gasteiger partial charge >= 0.3 is 6.09 Å². The van der Waals surface area contributed by atoms with Crippen LogP contribution in [-0.4, -0.2) is 53.3 Å². The molecule has 0 bridgehead atoms. The van der Waals surface area contributed by atoms with Gasteiger partial charge in [0, 0.05) is 30.8 Å². The molecule has 2 amide bonds. The van der Waals surface area contributed by atoms with E-state index in [4.69, 9.17) is 9.26 Å². The molecule has 1 atom stereocenters. The van der Waals surface area contributed by atoms with Crippen LogP contribution in [0.4, 0.5) is 10.5 Å². The number of amides is 2. The van der Waals surface area contributed by atoms with Crippen molar-refractivity contribution in [2.75, 3.05) is 25.0 Å². The van der Waals surface area contributed by atoms with Gasteiger partial charge in [0.2, 0.25) is 11.7 Å². The van der Waals surface area contributed by atoms with Crippen LogP contribution in [0.5, 0.6) is 0 Å². The van der Waals surface area contributed by atoms with Gasteiger partial charge in [-0.1, -0.05) is 47.6 Å². The molecule has 0 spiro atoms. The lowest BCUT2D eigenvalue weighted by molar-refractivity contribution is 0.0694. The van der Waals surface area contributed by atoms with E-state index in [1.807, 2.05) is 78.9 Å². The van der Waals surface area contributed by atoms with Crippen molar-refractivity contribution in [1.29, 1.82) is 0 Å². The summed E-state index contributed by atoms with van der Waals surface area (Å²) < 4.78 is 10.6. The molecule has 0 radical (unpaired) electrons. The molecule has 8 heteroatoms. The number of carbonyl (C=O) groups excluding carboxylic acids is 2. The van der Waals surface area contributed by atoms with Crippen LogP contribution in [0, 0.1) is 6.92 Å². The summed E-state index contributed by atoms with van der Waals surface area (Å²) in [5.74, 6) is 0.854. The zero-order chi connectivity index (χ0) is 24.4. The van der Waals surface area contributed by atoms with Gasteiger partial charge in [0.25, 0.3) is 5.91 Å². The number of anilines is 1. The number of nitrogens with zero attached hydrogens (tertiary/aromatic N) is 4. The van der Waals surface area contributed by atoms with Crippen molar-refractivity contribution < 1.29 is 18.8 Å². The molecule has 1 saturated heterocycles. The molecule has 0 aliphatic carbocycles. The maximum Gasteiger partial charge on any atom is 0.414 e. The lowest BCUT2D eigenvalue weighted by Crippen LogP contribution is -2.36. The SMILES string of the molecule is Cc1nc(-c2ccc(N3CC(CN(C)C(=O)c4ccc(-c5ccccc5)cc4)OC3=O)cc2)no1. The van der Waals surface area contributed by atoms with E-state index < -0.39 is 12.2 Å². The first-order valence-electron chi connectivity index (χ1n) is 11.3. The van der Waals surface area contributed by atoms with Crippen molar-refractivity contribution in [1.82, 2.24) is 15.0 Å².